The quantitative estimate of drug-likeness (QED) is 0.212. The van der Waals surface area contributed by atoms with Gasteiger partial charge in [-0.1, -0.05) is 30.3 Å². The molecule has 7 N–H and O–H groups in total. The Morgan fingerprint density at radius 1 is 1.15 bits per heavy atom. The highest BCUT2D eigenvalue weighted by molar-refractivity contribution is 6.02. The number of nitrogens with zero attached hydrogens (tertiary/aromatic N) is 5. The zero-order chi connectivity index (χ0) is 27.9. The van der Waals surface area contributed by atoms with Crippen LogP contribution in [0.5, 0.6) is 0 Å². The van der Waals surface area contributed by atoms with E-state index in [2.05, 4.69) is 22.1 Å². The second kappa shape index (κ2) is 10.4. The molecule has 4 aliphatic heterocycles. The van der Waals surface area contributed by atoms with Crippen molar-refractivity contribution in [2.45, 2.75) is 68.4 Å². The van der Waals surface area contributed by atoms with Crippen LogP contribution in [0.1, 0.15) is 44.1 Å². The molecule has 5 atom stereocenters. The number of carbonyl (C=O) groups excluding carboxylic acids is 3. The van der Waals surface area contributed by atoms with Gasteiger partial charge in [0, 0.05) is 25.9 Å². The first kappa shape index (κ1) is 26.7. The summed E-state index contributed by atoms with van der Waals surface area (Å²) in [5, 5.41) is 11.5. The Balaban J connectivity index is 1.30. The lowest BCUT2D eigenvalue weighted by molar-refractivity contribution is -0.138. The highest BCUT2D eigenvalue weighted by Crippen LogP contribution is 2.41. The van der Waals surface area contributed by atoms with E-state index in [1.54, 1.807) is 16.7 Å². The second-order valence-corrected chi connectivity index (χ2v) is 10.8. The molecular formula is C26H36N8O5. The number of rotatable bonds is 5. The molecule has 0 bridgehead atoms. The maximum Gasteiger partial charge on any atom is 0.410 e. The topological polar surface area (TPSA) is 193 Å². The van der Waals surface area contributed by atoms with Gasteiger partial charge in [-0.05, 0) is 31.2 Å². The van der Waals surface area contributed by atoms with Gasteiger partial charge in [-0.15, -0.1) is 0 Å². The van der Waals surface area contributed by atoms with Crippen LogP contribution >= 0.6 is 0 Å². The van der Waals surface area contributed by atoms with Gasteiger partial charge in [0.2, 0.25) is 11.8 Å². The SMILES string of the molecule is C[C@]12C(N=C(N)N)[C@H](CN3C(=O)CCC3=O)N=C(N)N1C[C@H](OC(=O)N1CCC(c3ccccc3)CC1)C2O. The first-order valence-electron chi connectivity index (χ1n) is 13.3. The summed E-state index contributed by atoms with van der Waals surface area (Å²) in [6, 6.07) is 8.57. The van der Waals surface area contributed by atoms with E-state index in [-0.39, 0.29) is 49.7 Å². The Morgan fingerprint density at radius 3 is 2.41 bits per heavy atom. The van der Waals surface area contributed by atoms with Crippen LogP contribution in [0, 0.1) is 0 Å². The molecule has 210 valence electrons. The van der Waals surface area contributed by atoms with Crippen LogP contribution in [-0.4, -0.2) is 106 Å². The van der Waals surface area contributed by atoms with E-state index in [1.807, 2.05) is 18.2 Å². The van der Waals surface area contributed by atoms with Gasteiger partial charge >= 0.3 is 6.09 Å². The molecule has 3 fully saturated rings. The van der Waals surface area contributed by atoms with Gasteiger partial charge in [-0.2, -0.15) is 0 Å². The van der Waals surface area contributed by atoms with Gasteiger partial charge in [0.25, 0.3) is 0 Å². The number of guanidine groups is 2. The molecule has 13 nitrogen and oxygen atoms in total. The van der Waals surface area contributed by atoms with Crippen LogP contribution in [0.25, 0.3) is 0 Å². The number of aliphatic hydroxyl groups excluding tert-OH is 1. The minimum atomic E-state index is -1.22. The number of aliphatic hydroxyl groups is 1. The first-order chi connectivity index (χ1) is 18.6. The number of ether oxygens (including phenoxy) is 1. The number of benzene rings is 1. The molecule has 3 saturated heterocycles. The monoisotopic (exact) mass is 540 g/mol. The number of nitrogens with two attached hydrogens (primary N) is 3. The first-order valence-corrected chi connectivity index (χ1v) is 13.3. The maximum absolute atomic E-state index is 13.1. The average molecular weight is 541 g/mol. The standard InChI is InChI=1S/C26H36N8O5/c1-26-21(31-23(27)28)17(13-33-19(35)7-8-20(33)36)30-24(29)34(26)14-18(22(26)37)39-25(38)32-11-9-16(10-12-32)15-5-3-2-4-6-15/h2-6,16-18,21-22,37H,7-14H2,1H3,(H2,29,30)(H4,27,28,31)/t17-,18-,21?,22?,26+/m0/s1. The number of fused-ring (bicyclic) bond motifs is 1. The van der Waals surface area contributed by atoms with Crippen LogP contribution in [0.4, 0.5) is 4.79 Å². The molecule has 3 amide bonds. The van der Waals surface area contributed by atoms with Gasteiger partial charge < -0.3 is 36.8 Å². The Morgan fingerprint density at radius 2 is 1.79 bits per heavy atom. The van der Waals surface area contributed by atoms with Gasteiger partial charge in [0.05, 0.1) is 24.7 Å². The summed E-state index contributed by atoms with van der Waals surface area (Å²) in [6.45, 7) is 2.82. The van der Waals surface area contributed by atoms with Crippen molar-refractivity contribution in [1.82, 2.24) is 14.7 Å². The van der Waals surface area contributed by atoms with E-state index in [0.717, 1.165) is 17.7 Å². The van der Waals surface area contributed by atoms with E-state index >= 15 is 0 Å². The van der Waals surface area contributed by atoms with Crippen molar-refractivity contribution in [2.24, 2.45) is 27.2 Å². The van der Waals surface area contributed by atoms with E-state index in [0.29, 0.717) is 19.0 Å². The van der Waals surface area contributed by atoms with Crippen molar-refractivity contribution in [3.05, 3.63) is 35.9 Å². The summed E-state index contributed by atoms with van der Waals surface area (Å²) >= 11 is 0. The predicted molar refractivity (Wildman–Crippen MR) is 142 cm³/mol. The fraction of sp³-hybridized carbons (Fsp3) is 0.577. The number of hydrogen-bond acceptors (Lipinski definition) is 9. The maximum atomic E-state index is 13.1. The summed E-state index contributed by atoms with van der Waals surface area (Å²) in [6.07, 6.45) is -0.760. The molecule has 0 spiro atoms. The van der Waals surface area contributed by atoms with Gasteiger partial charge in [0.15, 0.2) is 11.9 Å². The molecule has 4 aliphatic rings. The molecule has 1 aromatic carbocycles. The fourth-order valence-electron chi connectivity index (χ4n) is 6.35. The third kappa shape index (κ3) is 4.86. The third-order valence-electron chi connectivity index (χ3n) is 8.52. The number of hydrogen-bond donors (Lipinski definition) is 4. The number of imide groups is 1. The normalized spacial score (nSPS) is 31.2. The Labute approximate surface area is 226 Å². The lowest BCUT2D eigenvalue weighted by Crippen LogP contribution is -2.67. The molecule has 2 unspecified atom stereocenters. The van der Waals surface area contributed by atoms with Crippen molar-refractivity contribution >= 4 is 29.8 Å². The predicted octanol–water partition coefficient (Wildman–Crippen LogP) is -0.706. The minimum Gasteiger partial charge on any atom is -0.441 e. The number of carbonyl (C=O) groups is 3. The van der Waals surface area contributed by atoms with Crippen molar-refractivity contribution in [2.75, 3.05) is 26.2 Å². The summed E-state index contributed by atoms with van der Waals surface area (Å²) in [7, 11) is 0. The fourth-order valence-corrected chi connectivity index (χ4v) is 6.35. The van der Waals surface area contributed by atoms with Crippen LogP contribution in [-0.2, 0) is 14.3 Å². The molecule has 13 heteroatoms. The highest BCUT2D eigenvalue weighted by atomic mass is 16.6. The molecule has 5 rings (SSSR count). The van der Waals surface area contributed by atoms with Crippen LogP contribution in [0.3, 0.4) is 0 Å². The summed E-state index contributed by atoms with van der Waals surface area (Å²) < 4.78 is 5.82. The summed E-state index contributed by atoms with van der Waals surface area (Å²) in [4.78, 5) is 51.0. The van der Waals surface area contributed by atoms with E-state index in [4.69, 9.17) is 21.9 Å². The number of likely N-dealkylation sites (tertiary alicyclic amines) is 2. The average Bonchev–Trinajstić information content (AvgIpc) is 3.37. The molecule has 1 aromatic rings. The van der Waals surface area contributed by atoms with E-state index < -0.39 is 35.9 Å². The van der Waals surface area contributed by atoms with Crippen molar-refractivity contribution in [3.8, 4) is 0 Å². The van der Waals surface area contributed by atoms with Gasteiger partial charge in [-0.3, -0.25) is 14.5 Å². The van der Waals surface area contributed by atoms with E-state index in [1.165, 1.54) is 5.56 Å². The van der Waals surface area contributed by atoms with Crippen LogP contribution in [0.2, 0.25) is 0 Å². The van der Waals surface area contributed by atoms with Crippen molar-refractivity contribution < 1.29 is 24.2 Å². The minimum absolute atomic E-state index is 0.0726. The van der Waals surface area contributed by atoms with Crippen LogP contribution in [0.15, 0.2) is 40.3 Å². The van der Waals surface area contributed by atoms with Crippen molar-refractivity contribution in [3.63, 3.8) is 0 Å². The Hall–Kier alpha value is -3.87. The molecule has 0 saturated carbocycles. The lowest BCUT2D eigenvalue weighted by atomic mass is 9.81. The second-order valence-electron chi connectivity index (χ2n) is 10.8. The molecule has 0 aromatic heterocycles. The molecule has 0 aliphatic carbocycles. The number of aliphatic imine (C=N–C) groups is 2. The highest BCUT2D eigenvalue weighted by Gasteiger charge is 2.61. The largest absolute Gasteiger partial charge is 0.441 e. The summed E-state index contributed by atoms with van der Waals surface area (Å²) in [5.74, 6) is -0.387. The smallest absolute Gasteiger partial charge is 0.410 e. The molecule has 4 heterocycles. The molecule has 0 radical (unpaired) electrons. The zero-order valence-corrected chi connectivity index (χ0v) is 22.0. The Bertz CT molecular complexity index is 1160. The van der Waals surface area contributed by atoms with Crippen LogP contribution < -0.4 is 17.2 Å². The third-order valence-corrected chi connectivity index (χ3v) is 8.52. The summed E-state index contributed by atoms with van der Waals surface area (Å²) in [5.41, 5.74) is 17.9. The van der Waals surface area contributed by atoms with E-state index in [9.17, 15) is 19.5 Å². The lowest BCUT2D eigenvalue weighted by Gasteiger charge is -2.47. The van der Waals surface area contributed by atoms with Gasteiger partial charge in [-0.25, -0.2) is 14.8 Å². The molecular weight excluding hydrogens is 504 g/mol. The van der Waals surface area contributed by atoms with Crippen molar-refractivity contribution in [1.29, 1.82) is 0 Å². The zero-order valence-electron chi connectivity index (χ0n) is 22.0. The number of piperidine rings is 1. The molecule has 39 heavy (non-hydrogen) atoms. The number of amides is 3. The van der Waals surface area contributed by atoms with Gasteiger partial charge in [0.1, 0.15) is 18.2 Å². The Kier molecular flexibility index (Phi) is 7.10.